The second-order valence-electron chi connectivity index (χ2n) is 5.53. The Morgan fingerprint density at radius 1 is 0.960 bits per heavy atom. The molecule has 0 atom stereocenters. The smallest absolute Gasteiger partial charge is 0.154 e. The third kappa shape index (κ3) is 3.95. The lowest BCUT2D eigenvalue weighted by Crippen LogP contribution is -1.92. The molecule has 4 aromatic rings. The fourth-order valence-electron chi connectivity index (χ4n) is 2.43. The van der Waals surface area contributed by atoms with Crippen molar-refractivity contribution in [2.75, 3.05) is 0 Å². The van der Waals surface area contributed by atoms with Crippen molar-refractivity contribution in [2.24, 2.45) is 0 Å². The van der Waals surface area contributed by atoms with Crippen LogP contribution in [-0.4, -0.2) is 19.6 Å². The number of rotatable bonds is 5. The normalized spacial score (nSPS) is 11.4. The summed E-state index contributed by atoms with van der Waals surface area (Å²) in [5, 5.41) is 5.59. The van der Waals surface area contributed by atoms with Gasteiger partial charge in [-0.05, 0) is 35.4 Å². The Hall–Kier alpha value is -2.92. The second kappa shape index (κ2) is 7.32. The van der Waals surface area contributed by atoms with Crippen LogP contribution in [0.15, 0.2) is 78.2 Å². The highest BCUT2D eigenvalue weighted by atomic mass is 32.2. The van der Waals surface area contributed by atoms with Gasteiger partial charge < -0.3 is 0 Å². The molecule has 3 heterocycles. The molecule has 0 spiro atoms. The number of hydrogen-bond donors (Lipinski definition) is 0. The van der Waals surface area contributed by atoms with E-state index in [1.165, 1.54) is 5.56 Å². The third-order valence-electron chi connectivity index (χ3n) is 3.67. The van der Waals surface area contributed by atoms with Gasteiger partial charge in [0.2, 0.25) is 0 Å². The second-order valence-corrected chi connectivity index (χ2v) is 6.53. The molecular weight excluding hydrogens is 328 g/mol. The van der Waals surface area contributed by atoms with Crippen LogP contribution in [0.2, 0.25) is 0 Å². The van der Waals surface area contributed by atoms with Crippen molar-refractivity contribution >= 4 is 29.6 Å². The number of fused-ring (bicyclic) bond motifs is 1. The quantitative estimate of drug-likeness (QED) is 0.497. The first-order valence-corrected chi connectivity index (χ1v) is 8.97. The van der Waals surface area contributed by atoms with Crippen LogP contribution in [0.1, 0.15) is 16.8 Å². The molecule has 0 aliphatic carbocycles. The van der Waals surface area contributed by atoms with Crippen molar-refractivity contribution in [3.8, 4) is 0 Å². The van der Waals surface area contributed by atoms with Crippen molar-refractivity contribution in [3.05, 3.63) is 90.0 Å². The molecule has 3 aromatic heterocycles. The largest absolute Gasteiger partial charge is 0.264 e. The van der Waals surface area contributed by atoms with Gasteiger partial charge in [0.25, 0.3) is 0 Å². The van der Waals surface area contributed by atoms with E-state index >= 15 is 0 Å². The minimum atomic E-state index is 0.846. The zero-order valence-corrected chi connectivity index (χ0v) is 14.3. The van der Waals surface area contributed by atoms with Crippen LogP contribution in [0, 0.1) is 0 Å². The molecule has 0 N–H and O–H groups in total. The molecule has 0 amide bonds. The molecular formula is C20H16N4S. The van der Waals surface area contributed by atoms with E-state index in [1.54, 1.807) is 18.0 Å². The molecule has 25 heavy (non-hydrogen) atoms. The molecule has 0 unspecified atom stereocenters. The lowest BCUT2D eigenvalue weighted by Gasteiger charge is -2.01. The third-order valence-corrected chi connectivity index (χ3v) is 4.66. The summed E-state index contributed by atoms with van der Waals surface area (Å²) in [4.78, 5) is 8.72. The summed E-state index contributed by atoms with van der Waals surface area (Å²) < 4.78 is 1.83. The maximum Gasteiger partial charge on any atom is 0.154 e. The topological polar surface area (TPSA) is 43.1 Å². The number of nitrogens with zero attached hydrogens (tertiary/aromatic N) is 4. The summed E-state index contributed by atoms with van der Waals surface area (Å²) in [5.41, 5.74) is 4.08. The van der Waals surface area contributed by atoms with Gasteiger partial charge in [-0.15, -0.1) is 0 Å². The van der Waals surface area contributed by atoms with Crippen LogP contribution in [0.4, 0.5) is 0 Å². The average Bonchev–Trinajstić information content (AvgIpc) is 3.08. The van der Waals surface area contributed by atoms with Crippen molar-refractivity contribution in [2.45, 2.75) is 10.8 Å². The van der Waals surface area contributed by atoms with Crippen LogP contribution < -0.4 is 0 Å². The van der Waals surface area contributed by atoms with E-state index in [0.717, 1.165) is 27.7 Å². The lowest BCUT2D eigenvalue weighted by molar-refractivity contribution is 0.858. The van der Waals surface area contributed by atoms with E-state index in [-0.39, 0.29) is 0 Å². The molecule has 0 bridgehead atoms. The summed E-state index contributed by atoms with van der Waals surface area (Å²) in [5.74, 6) is 0.849. The van der Waals surface area contributed by atoms with Crippen LogP contribution in [0.3, 0.4) is 0 Å². The molecule has 0 saturated heterocycles. The maximum absolute atomic E-state index is 4.63. The molecule has 4 rings (SSSR count). The first kappa shape index (κ1) is 15.6. The fraction of sp³-hybridized carbons (Fsp3) is 0.0500. The van der Waals surface area contributed by atoms with Crippen LogP contribution in [-0.2, 0) is 5.75 Å². The molecule has 122 valence electrons. The molecule has 5 heteroatoms. The standard InChI is InChI=1S/C20H16N4S/c1-2-5-16(6-3-1)8-9-18-14-24-19(22-18)10-11-20(23-24)25-15-17-7-4-12-21-13-17/h1-14H,15H2/b9-8+. The highest BCUT2D eigenvalue weighted by Crippen LogP contribution is 2.20. The SMILES string of the molecule is C(=C\c1cn2nc(SCc3cccnc3)ccc2n1)/c1ccccc1. The highest BCUT2D eigenvalue weighted by Gasteiger charge is 2.03. The summed E-state index contributed by atoms with van der Waals surface area (Å²) in [7, 11) is 0. The van der Waals surface area contributed by atoms with Gasteiger partial charge in [-0.1, -0.05) is 54.2 Å². The van der Waals surface area contributed by atoms with E-state index in [9.17, 15) is 0 Å². The van der Waals surface area contributed by atoms with E-state index in [0.29, 0.717) is 0 Å². The highest BCUT2D eigenvalue weighted by molar-refractivity contribution is 7.98. The van der Waals surface area contributed by atoms with Crippen LogP contribution >= 0.6 is 11.8 Å². The van der Waals surface area contributed by atoms with Gasteiger partial charge in [0.05, 0.1) is 11.9 Å². The molecule has 0 saturated carbocycles. The van der Waals surface area contributed by atoms with Crippen molar-refractivity contribution in [3.63, 3.8) is 0 Å². The van der Waals surface area contributed by atoms with E-state index in [1.807, 2.05) is 59.4 Å². The van der Waals surface area contributed by atoms with Gasteiger partial charge in [-0.25, -0.2) is 9.50 Å². The predicted octanol–water partition coefficient (Wildman–Crippen LogP) is 4.59. The van der Waals surface area contributed by atoms with Gasteiger partial charge >= 0.3 is 0 Å². The first-order valence-electron chi connectivity index (χ1n) is 7.98. The summed E-state index contributed by atoms with van der Waals surface area (Å²) >= 11 is 1.69. The monoisotopic (exact) mass is 344 g/mol. The molecule has 0 radical (unpaired) electrons. The summed E-state index contributed by atoms with van der Waals surface area (Å²) in [6, 6.07) is 18.2. The number of thioether (sulfide) groups is 1. The average molecular weight is 344 g/mol. The molecule has 0 fully saturated rings. The minimum Gasteiger partial charge on any atom is -0.264 e. The van der Waals surface area contributed by atoms with Crippen LogP contribution in [0.25, 0.3) is 17.8 Å². The molecule has 0 aliphatic heterocycles. The fourth-order valence-corrected chi connectivity index (χ4v) is 3.22. The lowest BCUT2D eigenvalue weighted by atomic mass is 10.2. The minimum absolute atomic E-state index is 0.846. The van der Waals surface area contributed by atoms with Gasteiger partial charge in [0.1, 0.15) is 5.03 Å². The van der Waals surface area contributed by atoms with Crippen molar-refractivity contribution in [1.82, 2.24) is 19.6 Å². The van der Waals surface area contributed by atoms with Crippen molar-refractivity contribution < 1.29 is 0 Å². The Bertz CT molecular complexity index is 994. The van der Waals surface area contributed by atoms with Gasteiger partial charge in [0.15, 0.2) is 5.65 Å². The number of hydrogen-bond acceptors (Lipinski definition) is 4. The molecule has 4 nitrogen and oxygen atoms in total. The Morgan fingerprint density at radius 2 is 1.88 bits per heavy atom. The number of aromatic nitrogens is 4. The predicted molar refractivity (Wildman–Crippen MR) is 102 cm³/mol. The number of pyridine rings is 1. The Balaban J connectivity index is 1.50. The van der Waals surface area contributed by atoms with Gasteiger partial charge in [-0.3, -0.25) is 4.98 Å². The Labute approximate surface area is 150 Å². The Morgan fingerprint density at radius 3 is 2.72 bits per heavy atom. The van der Waals surface area contributed by atoms with Crippen molar-refractivity contribution in [1.29, 1.82) is 0 Å². The van der Waals surface area contributed by atoms with E-state index in [4.69, 9.17) is 0 Å². The van der Waals surface area contributed by atoms with Gasteiger partial charge in [-0.2, -0.15) is 5.10 Å². The Kier molecular flexibility index (Phi) is 4.57. The van der Waals surface area contributed by atoms with Gasteiger partial charge in [0, 0.05) is 18.1 Å². The summed E-state index contributed by atoms with van der Waals surface area (Å²) in [6.07, 6.45) is 9.68. The van der Waals surface area contributed by atoms with Crippen LogP contribution in [0.5, 0.6) is 0 Å². The molecule has 1 aromatic carbocycles. The number of imidazole rings is 1. The molecule has 0 aliphatic rings. The zero-order chi connectivity index (χ0) is 16.9. The number of benzene rings is 1. The maximum atomic E-state index is 4.63. The summed E-state index contributed by atoms with van der Waals surface area (Å²) in [6.45, 7) is 0. The zero-order valence-electron chi connectivity index (χ0n) is 13.5. The first-order chi connectivity index (χ1) is 12.4. The van der Waals surface area contributed by atoms with E-state index in [2.05, 4.69) is 39.3 Å². The van der Waals surface area contributed by atoms with E-state index < -0.39 is 0 Å².